The molecule has 2 aromatic rings. The van der Waals surface area contributed by atoms with Gasteiger partial charge >= 0.3 is 5.97 Å². The topological polar surface area (TPSA) is 71.4 Å². The Bertz CT molecular complexity index is 708. The zero-order chi connectivity index (χ0) is 12.9. The van der Waals surface area contributed by atoms with Crippen LogP contribution in [0, 0.1) is 0 Å². The van der Waals surface area contributed by atoms with Crippen LogP contribution in [0.25, 0.3) is 10.8 Å². The molecule has 0 aliphatic heterocycles. The summed E-state index contributed by atoms with van der Waals surface area (Å²) < 4.78 is 0. The second kappa shape index (κ2) is 3.50. The normalized spacial score (nSPS) is 13.3. The van der Waals surface area contributed by atoms with Crippen molar-refractivity contribution in [3.63, 3.8) is 0 Å². The summed E-state index contributed by atoms with van der Waals surface area (Å²) in [6.45, 7) is 0. The summed E-state index contributed by atoms with van der Waals surface area (Å²) in [6, 6.07) is 8.16. The second-order valence-electron chi connectivity index (χ2n) is 4.23. The minimum Gasteiger partial charge on any atom is -0.481 e. The number of benzene rings is 2. The molecule has 0 heterocycles. The maximum atomic E-state index is 11.7. The highest BCUT2D eigenvalue weighted by molar-refractivity contribution is 6.57. The number of carboxylic acids is 1. The maximum Gasteiger partial charge on any atom is 0.307 e. The van der Waals surface area contributed by atoms with Crippen molar-refractivity contribution in [3.8, 4) is 0 Å². The summed E-state index contributed by atoms with van der Waals surface area (Å²) >= 11 is 0. The molecule has 88 valence electrons. The monoisotopic (exact) mass is 240 g/mol. The molecule has 4 nitrogen and oxygen atoms in total. The SMILES string of the molecule is O=C(O)Cc1ccc2c3c(cccc13)C(=O)C2=O. The lowest BCUT2D eigenvalue weighted by molar-refractivity contribution is -0.136. The van der Waals surface area contributed by atoms with Gasteiger partial charge in [-0.3, -0.25) is 14.4 Å². The number of ketones is 2. The van der Waals surface area contributed by atoms with Crippen LogP contribution in [-0.2, 0) is 11.2 Å². The van der Waals surface area contributed by atoms with Gasteiger partial charge in [0.1, 0.15) is 0 Å². The van der Waals surface area contributed by atoms with E-state index in [9.17, 15) is 14.4 Å². The first-order valence-corrected chi connectivity index (χ1v) is 5.45. The fraction of sp³-hybridized carbons (Fsp3) is 0.0714. The Hall–Kier alpha value is -2.49. The van der Waals surface area contributed by atoms with Crippen LogP contribution in [0.5, 0.6) is 0 Å². The number of aliphatic carboxylic acids is 1. The van der Waals surface area contributed by atoms with E-state index in [0.29, 0.717) is 27.5 Å². The molecule has 0 saturated heterocycles. The second-order valence-corrected chi connectivity index (χ2v) is 4.23. The molecule has 18 heavy (non-hydrogen) atoms. The van der Waals surface area contributed by atoms with Gasteiger partial charge in [-0.15, -0.1) is 0 Å². The quantitative estimate of drug-likeness (QED) is 0.813. The average Bonchev–Trinajstić information content (AvgIpc) is 2.59. The van der Waals surface area contributed by atoms with Crippen LogP contribution in [0.1, 0.15) is 26.3 Å². The van der Waals surface area contributed by atoms with E-state index in [2.05, 4.69) is 0 Å². The Morgan fingerprint density at radius 1 is 1.00 bits per heavy atom. The van der Waals surface area contributed by atoms with E-state index in [4.69, 9.17) is 5.11 Å². The summed E-state index contributed by atoms with van der Waals surface area (Å²) in [5.41, 5.74) is 1.37. The lowest BCUT2D eigenvalue weighted by atomic mass is 9.98. The highest BCUT2D eigenvalue weighted by Crippen LogP contribution is 2.32. The van der Waals surface area contributed by atoms with Gasteiger partial charge in [0.2, 0.25) is 11.6 Å². The van der Waals surface area contributed by atoms with Gasteiger partial charge in [0.25, 0.3) is 0 Å². The number of carboxylic acid groups (broad SMARTS) is 1. The Kier molecular flexibility index (Phi) is 2.07. The van der Waals surface area contributed by atoms with Crippen LogP contribution in [0.3, 0.4) is 0 Å². The van der Waals surface area contributed by atoms with Crippen molar-refractivity contribution >= 4 is 28.3 Å². The molecule has 1 aliphatic rings. The summed E-state index contributed by atoms with van der Waals surface area (Å²) in [6.07, 6.45) is -0.122. The Labute approximate surface area is 102 Å². The zero-order valence-corrected chi connectivity index (χ0v) is 9.27. The summed E-state index contributed by atoms with van der Waals surface area (Å²) in [7, 11) is 0. The maximum absolute atomic E-state index is 11.7. The van der Waals surface area contributed by atoms with Crippen LogP contribution in [-0.4, -0.2) is 22.6 Å². The molecular formula is C14H8O4. The van der Waals surface area contributed by atoms with Gasteiger partial charge in [0.05, 0.1) is 6.42 Å². The lowest BCUT2D eigenvalue weighted by Gasteiger charge is -2.05. The predicted molar refractivity (Wildman–Crippen MR) is 63.9 cm³/mol. The molecule has 2 aromatic carbocycles. The van der Waals surface area contributed by atoms with Crippen molar-refractivity contribution in [2.75, 3.05) is 0 Å². The van der Waals surface area contributed by atoms with Crippen LogP contribution in [0.4, 0.5) is 0 Å². The zero-order valence-electron chi connectivity index (χ0n) is 9.27. The minimum atomic E-state index is -0.939. The van der Waals surface area contributed by atoms with E-state index in [1.54, 1.807) is 24.3 Å². The van der Waals surface area contributed by atoms with Crippen molar-refractivity contribution in [2.24, 2.45) is 0 Å². The molecule has 0 spiro atoms. The number of hydrogen-bond donors (Lipinski definition) is 1. The third-order valence-electron chi connectivity index (χ3n) is 3.17. The van der Waals surface area contributed by atoms with Crippen LogP contribution in [0.15, 0.2) is 30.3 Å². The Morgan fingerprint density at radius 3 is 2.33 bits per heavy atom. The first kappa shape index (κ1) is 10.7. The van der Waals surface area contributed by atoms with Gasteiger partial charge in [-0.05, 0) is 17.0 Å². The van der Waals surface area contributed by atoms with Crippen molar-refractivity contribution in [2.45, 2.75) is 6.42 Å². The number of carbonyl (C=O) groups excluding carboxylic acids is 2. The van der Waals surface area contributed by atoms with Gasteiger partial charge in [-0.2, -0.15) is 0 Å². The smallest absolute Gasteiger partial charge is 0.307 e. The summed E-state index contributed by atoms with van der Waals surface area (Å²) in [4.78, 5) is 34.3. The Balaban J connectivity index is 2.38. The third-order valence-corrected chi connectivity index (χ3v) is 3.17. The first-order valence-electron chi connectivity index (χ1n) is 5.45. The van der Waals surface area contributed by atoms with Gasteiger partial charge in [0.15, 0.2) is 0 Å². The third kappa shape index (κ3) is 1.29. The molecule has 1 aliphatic carbocycles. The molecule has 0 unspecified atom stereocenters. The molecule has 3 rings (SSSR count). The van der Waals surface area contributed by atoms with E-state index in [0.717, 1.165) is 0 Å². The fourth-order valence-corrected chi connectivity index (χ4v) is 2.41. The largest absolute Gasteiger partial charge is 0.481 e. The average molecular weight is 240 g/mol. The molecule has 0 atom stereocenters. The highest BCUT2D eigenvalue weighted by Gasteiger charge is 2.31. The number of hydrogen-bond acceptors (Lipinski definition) is 3. The molecule has 0 bridgehead atoms. The highest BCUT2D eigenvalue weighted by atomic mass is 16.4. The molecular weight excluding hydrogens is 232 g/mol. The van der Waals surface area contributed by atoms with E-state index in [1.165, 1.54) is 6.07 Å². The van der Waals surface area contributed by atoms with Crippen LogP contribution >= 0.6 is 0 Å². The van der Waals surface area contributed by atoms with E-state index < -0.39 is 17.5 Å². The predicted octanol–water partition coefficient (Wildman–Crippen LogP) is 1.85. The van der Waals surface area contributed by atoms with Crippen LogP contribution in [0.2, 0.25) is 0 Å². The van der Waals surface area contributed by atoms with Gasteiger partial charge < -0.3 is 5.11 Å². The lowest BCUT2D eigenvalue weighted by Crippen LogP contribution is -2.06. The molecule has 0 saturated carbocycles. The number of rotatable bonds is 2. The number of Topliss-reactive ketones (excluding diaryl/α,β-unsaturated/α-hetero) is 2. The van der Waals surface area contributed by atoms with Crippen molar-refractivity contribution < 1.29 is 19.5 Å². The van der Waals surface area contributed by atoms with Crippen LogP contribution < -0.4 is 0 Å². The van der Waals surface area contributed by atoms with Crippen molar-refractivity contribution in [3.05, 3.63) is 47.0 Å². The molecule has 0 aromatic heterocycles. The van der Waals surface area contributed by atoms with Crippen molar-refractivity contribution in [1.82, 2.24) is 0 Å². The molecule has 0 fully saturated rings. The van der Waals surface area contributed by atoms with Gasteiger partial charge in [-0.25, -0.2) is 0 Å². The standard InChI is InChI=1S/C14H8O4/c15-11(16)6-7-4-5-10-12-8(7)2-1-3-9(12)13(17)14(10)18/h1-5H,6H2,(H,15,16). The molecule has 0 amide bonds. The van der Waals surface area contributed by atoms with Crippen molar-refractivity contribution in [1.29, 1.82) is 0 Å². The minimum absolute atomic E-state index is 0.122. The van der Waals surface area contributed by atoms with E-state index >= 15 is 0 Å². The summed E-state index contributed by atoms with van der Waals surface area (Å²) in [5, 5.41) is 10.1. The van der Waals surface area contributed by atoms with Gasteiger partial charge in [0, 0.05) is 16.5 Å². The number of carbonyl (C=O) groups is 3. The molecule has 4 heteroatoms. The van der Waals surface area contributed by atoms with E-state index in [-0.39, 0.29) is 6.42 Å². The molecule has 1 N–H and O–H groups in total. The Morgan fingerprint density at radius 2 is 1.67 bits per heavy atom. The van der Waals surface area contributed by atoms with E-state index in [1.807, 2.05) is 0 Å². The summed E-state index contributed by atoms with van der Waals surface area (Å²) in [5.74, 6) is -1.96. The molecule has 0 radical (unpaired) electrons. The van der Waals surface area contributed by atoms with Gasteiger partial charge in [-0.1, -0.05) is 24.3 Å². The first-order chi connectivity index (χ1) is 8.59. The fourth-order valence-electron chi connectivity index (χ4n) is 2.41.